The molecule has 61 heavy (non-hydrogen) atoms. The van der Waals surface area contributed by atoms with Gasteiger partial charge in [0.2, 0.25) is 11.0 Å². The third-order valence-electron chi connectivity index (χ3n) is 13.4. The topological polar surface area (TPSA) is 13.1 Å². The fraction of sp³-hybridized carbons (Fsp3) is 0.0526. The highest BCUT2D eigenvalue weighted by molar-refractivity contribution is 7.38. The maximum Gasteiger partial charge on any atom is 0.450 e. The zero-order chi connectivity index (χ0) is 40.3. The van der Waals surface area contributed by atoms with Crippen molar-refractivity contribution in [3.63, 3.8) is 0 Å². The average molecular weight is 798 g/mol. The van der Waals surface area contributed by atoms with Crippen LogP contribution in [0.4, 0.5) is 0 Å². The van der Waals surface area contributed by atoms with E-state index >= 15 is 0 Å². The summed E-state index contributed by atoms with van der Waals surface area (Å²) in [5.74, 6) is 0.205. The predicted octanol–water partition coefficient (Wildman–Crippen LogP) is 13.7. The maximum atomic E-state index is 4.70. The van der Waals surface area contributed by atoms with Gasteiger partial charge in [-0.15, -0.1) is 8.33 Å². The van der Waals surface area contributed by atoms with Gasteiger partial charge in [-0.2, -0.15) is 0 Å². The van der Waals surface area contributed by atoms with Gasteiger partial charge in [0.15, 0.2) is 17.5 Å². The summed E-state index contributed by atoms with van der Waals surface area (Å²) in [6.45, 7) is 7.00. The Balaban J connectivity index is 1.04. The molecule has 2 aliphatic rings. The summed E-state index contributed by atoms with van der Waals surface area (Å²) in [5, 5.41) is 3.94. The van der Waals surface area contributed by atoms with E-state index in [2.05, 4.69) is 214 Å². The molecule has 4 aromatic heterocycles. The quantitative estimate of drug-likeness (QED) is 0.168. The molecule has 286 valence electrons. The van der Waals surface area contributed by atoms with E-state index in [4.69, 9.17) is 6.58 Å². The molecule has 0 saturated heterocycles. The number of pyridine rings is 2. The number of hydrogen-bond donors (Lipinski definition) is 0. The minimum atomic E-state index is -0.980. The minimum Gasteiger partial charge on any atom is -0.309 e. The lowest BCUT2D eigenvalue weighted by Gasteiger charge is -2.16. The number of fused-ring (bicyclic) bond motifs is 14. The summed E-state index contributed by atoms with van der Waals surface area (Å²) in [7, 11) is -0.980. The smallest absolute Gasteiger partial charge is 0.309 e. The Morgan fingerprint density at radius 1 is 0.508 bits per heavy atom. The van der Waals surface area contributed by atoms with Gasteiger partial charge in [0.05, 0.1) is 21.8 Å². The third kappa shape index (κ3) is 4.87. The second-order valence-corrected chi connectivity index (χ2v) is 18.4. The van der Waals surface area contributed by atoms with Crippen LogP contribution in [0.1, 0.15) is 46.2 Å². The molecule has 0 radical (unpaired) electrons. The van der Waals surface area contributed by atoms with E-state index in [0.29, 0.717) is 0 Å². The van der Waals surface area contributed by atoms with Crippen LogP contribution in [0.25, 0.3) is 82.6 Å². The van der Waals surface area contributed by atoms with Crippen LogP contribution in [0.3, 0.4) is 0 Å². The molecule has 0 aliphatic heterocycles. The van der Waals surface area contributed by atoms with Gasteiger partial charge < -0.3 is 4.57 Å². The van der Waals surface area contributed by atoms with Crippen molar-refractivity contribution >= 4 is 51.2 Å². The first-order valence-corrected chi connectivity index (χ1v) is 22.6. The first-order chi connectivity index (χ1) is 30.2. The molecular formula is C57H40N3P+2. The van der Waals surface area contributed by atoms with E-state index in [1.165, 1.54) is 105 Å². The Hall–Kier alpha value is -7.32. The Kier molecular flexibility index (Phi) is 7.41. The fourth-order valence-electron chi connectivity index (χ4n) is 10.8. The van der Waals surface area contributed by atoms with Crippen molar-refractivity contribution in [1.29, 1.82) is 0 Å². The van der Waals surface area contributed by atoms with Crippen LogP contribution in [0, 0.1) is 0 Å². The molecule has 3 nitrogen and oxygen atoms in total. The van der Waals surface area contributed by atoms with Crippen molar-refractivity contribution in [1.82, 2.24) is 4.57 Å². The number of rotatable bonds is 4. The van der Waals surface area contributed by atoms with E-state index in [9.17, 15) is 0 Å². The normalized spacial score (nSPS) is 14.2. The molecule has 2 bridgehead atoms. The molecule has 0 saturated carbocycles. The van der Waals surface area contributed by atoms with Crippen molar-refractivity contribution in [2.75, 3.05) is 0 Å². The van der Waals surface area contributed by atoms with Gasteiger partial charge in [0, 0.05) is 35.9 Å². The van der Waals surface area contributed by atoms with Crippen molar-refractivity contribution < 1.29 is 8.33 Å². The second-order valence-electron chi connectivity index (χ2n) is 16.5. The van der Waals surface area contributed by atoms with E-state index in [1.54, 1.807) is 0 Å². The summed E-state index contributed by atoms with van der Waals surface area (Å²) in [4.78, 5) is 0. The van der Waals surface area contributed by atoms with Crippen LogP contribution in [0.5, 0.6) is 0 Å². The zero-order valence-corrected chi connectivity index (χ0v) is 34.7. The summed E-state index contributed by atoms with van der Waals surface area (Å²) in [6.07, 6.45) is 5.46. The number of hydrogen-bond acceptors (Lipinski definition) is 0. The minimum absolute atomic E-state index is 0.205. The standard InChI is InChI=1S/C57H40N3P/c1-3-41-44-22-14-26-54(41)60(55-27-15-23-46-53-25-10-12-31-59(53)61(57(46)55)58-30-11-9-24-52(44)58)40-19-13-18-38(32-40)39-28-29-42-36(2)47-34-51-49(35-50(47)48(42)33-39)43-20-7-8-21-45(43)56(51)37-16-5-4-6-17-37/h4-35,56H,2-3H2,1H3/q+2. The van der Waals surface area contributed by atoms with E-state index in [-0.39, 0.29) is 5.92 Å². The van der Waals surface area contributed by atoms with Crippen molar-refractivity contribution in [3.05, 3.63) is 234 Å². The fourth-order valence-corrected chi connectivity index (χ4v) is 13.4. The SMILES string of the molecule is C=C1c2ccc(-c3cccc(-n4c5cccc(c5CC)c5cccc[n+]5p5c6c(cccc64)c4cccc[n+]45)c3)cc2-c2cc3c(cc21)C(c1ccccc1)c1ccccc1-3. The lowest BCUT2D eigenvalue weighted by atomic mass is 9.88. The van der Waals surface area contributed by atoms with Crippen LogP contribution in [-0.4, -0.2) is 4.57 Å². The zero-order valence-electron chi connectivity index (χ0n) is 33.8. The molecule has 2 atom stereocenters. The second kappa shape index (κ2) is 13.1. The highest BCUT2D eigenvalue weighted by Gasteiger charge is 2.34. The highest BCUT2D eigenvalue weighted by atomic mass is 31.1. The molecular weight excluding hydrogens is 758 g/mol. The molecule has 4 heteroatoms. The molecule has 0 fully saturated rings. The van der Waals surface area contributed by atoms with Crippen molar-refractivity contribution in [2.45, 2.75) is 19.3 Å². The molecule has 0 spiro atoms. The Labute approximate surface area is 355 Å². The predicted molar refractivity (Wildman–Crippen MR) is 253 cm³/mol. The molecule has 2 aliphatic carbocycles. The summed E-state index contributed by atoms with van der Waals surface area (Å²) >= 11 is 0. The largest absolute Gasteiger partial charge is 0.450 e. The molecule has 13 rings (SSSR count). The number of aromatic nitrogens is 3. The Morgan fingerprint density at radius 2 is 1.20 bits per heavy atom. The van der Waals surface area contributed by atoms with Crippen LogP contribution in [0.15, 0.2) is 201 Å². The highest BCUT2D eigenvalue weighted by Crippen LogP contribution is 2.54. The van der Waals surface area contributed by atoms with Gasteiger partial charge in [0.1, 0.15) is 0 Å². The van der Waals surface area contributed by atoms with Crippen LogP contribution < -0.4 is 8.33 Å². The first kappa shape index (κ1) is 34.5. The van der Waals surface area contributed by atoms with Gasteiger partial charge >= 0.3 is 7.66 Å². The van der Waals surface area contributed by atoms with Gasteiger partial charge in [-0.3, -0.25) is 0 Å². The van der Waals surface area contributed by atoms with Gasteiger partial charge in [-0.25, -0.2) is 0 Å². The van der Waals surface area contributed by atoms with Crippen molar-refractivity contribution in [3.8, 4) is 39.1 Å². The summed E-state index contributed by atoms with van der Waals surface area (Å²) < 4.78 is 7.60. The Bertz CT molecular complexity index is 3720. The first-order valence-electron chi connectivity index (χ1n) is 21.3. The Morgan fingerprint density at radius 3 is 2.02 bits per heavy atom. The molecule has 4 heterocycles. The van der Waals surface area contributed by atoms with Gasteiger partial charge in [-0.1, -0.05) is 104 Å². The van der Waals surface area contributed by atoms with Crippen LogP contribution >= 0.6 is 7.66 Å². The average Bonchev–Trinajstić information content (AvgIpc) is 3.93. The lowest BCUT2D eigenvalue weighted by Crippen LogP contribution is -2.26. The van der Waals surface area contributed by atoms with Gasteiger partial charge in [0.25, 0.3) is 0 Å². The number of benzene rings is 7. The summed E-state index contributed by atoms with van der Waals surface area (Å²) in [6, 6.07) is 68.0. The van der Waals surface area contributed by atoms with E-state index in [1.807, 2.05) is 0 Å². The van der Waals surface area contributed by atoms with Crippen LogP contribution in [0.2, 0.25) is 0 Å². The summed E-state index contributed by atoms with van der Waals surface area (Å²) in [5.41, 5.74) is 22.6. The molecule has 2 unspecified atom stereocenters. The maximum absolute atomic E-state index is 4.70. The lowest BCUT2D eigenvalue weighted by molar-refractivity contribution is -0.510. The van der Waals surface area contributed by atoms with Gasteiger partial charge in [-0.05, 0) is 145 Å². The third-order valence-corrected chi connectivity index (χ3v) is 15.8. The van der Waals surface area contributed by atoms with E-state index < -0.39 is 7.66 Å². The molecule has 0 N–H and O–H groups in total. The monoisotopic (exact) mass is 797 g/mol. The van der Waals surface area contributed by atoms with Crippen LogP contribution in [-0.2, 0) is 6.42 Å². The molecule has 11 aromatic rings. The molecule has 7 aromatic carbocycles. The van der Waals surface area contributed by atoms with Crippen molar-refractivity contribution in [2.24, 2.45) is 0 Å². The van der Waals surface area contributed by atoms with E-state index in [0.717, 1.165) is 17.7 Å². The number of aryl methyl sites for hydroxylation is 1. The molecule has 0 amide bonds. The number of nitrogens with zero attached hydrogens (tertiary/aromatic N) is 3.